The molecule has 5 N–H and O–H groups in total. The zero-order valence-electron chi connectivity index (χ0n) is 17.0. The van der Waals surface area contributed by atoms with Gasteiger partial charge >= 0.3 is 0 Å². The van der Waals surface area contributed by atoms with Crippen molar-refractivity contribution < 1.29 is 25.5 Å². The Labute approximate surface area is 162 Å². The summed E-state index contributed by atoms with van der Waals surface area (Å²) >= 11 is 0. The standard InChI is InChI=1S/C21H35NO5/c1-12(2)14-6-7-15-13(3)9-21(4,5)22(16(15)8-14)10-17(24)19(26)20(27)18(25)11-23/h6-8,12-13,17-20,23-27H,9-11H2,1-5H3. The minimum Gasteiger partial charge on any atom is -0.394 e. The van der Waals surface area contributed by atoms with Crippen LogP contribution in [-0.2, 0) is 0 Å². The summed E-state index contributed by atoms with van der Waals surface area (Å²) in [6.45, 7) is 10.1. The van der Waals surface area contributed by atoms with Crippen molar-refractivity contribution in [2.24, 2.45) is 0 Å². The van der Waals surface area contributed by atoms with Crippen LogP contribution in [0.25, 0.3) is 0 Å². The van der Waals surface area contributed by atoms with E-state index in [4.69, 9.17) is 5.11 Å². The number of aliphatic hydroxyl groups excluding tert-OH is 5. The molecule has 27 heavy (non-hydrogen) atoms. The molecule has 1 aliphatic heterocycles. The number of hydrogen-bond donors (Lipinski definition) is 5. The Bertz CT molecular complexity index is 633. The van der Waals surface area contributed by atoms with Crippen LogP contribution >= 0.6 is 0 Å². The molecule has 6 heteroatoms. The molecule has 5 unspecified atom stereocenters. The first-order valence-corrected chi connectivity index (χ1v) is 9.74. The highest BCUT2D eigenvalue weighted by molar-refractivity contribution is 5.61. The van der Waals surface area contributed by atoms with Crippen LogP contribution in [0.1, 0.15) is 64.0 Å². The molecular formula is C21H35NO5. The average molecular weight is 382 g/mol. The predicted molar refractivity (Wildman–Crippen MR) is 106 cm³/mol. The first-order chi connectivity index (χ1) is 12.5. The minimum absolute atomic E-state index is 0.116. The van der Waals surface area contributed by atoms with Crippen molar-refractivity contribution in [1.29, 1.82) is 0 Å². The molecule has 6 nitrogen and oxygen atoms in total. The average Bonchev–Trinajstić information content (AvgIpc) is 2.61. The molecule has 1 heterocycles. The Kier molecular flexibility index (Phi) is 6.92. The maximum absolute atomic E-state index is 10.5. The van der Waals surface area contributed by atoms with Gasteiger partial charge in [0.2, 0.25) is 0 Å². The van der Waals surface area contributed by atoms with Crippen molar-refractivity contribution in [2.45, 2.75) is 82.8 Å². The van der Waals surface area contributed by atoms with Crippen LogP contribution < -0.4 is 4.90 Å². The first kappa shape index (κ1) is 22.1. The van der Waals surface area contributed by atoms with Gasteiger partial charge in [0.25, 0.3) is 0 Å². The lowest BCUT2D eigenvalue weighted by Crippen LogP contribution is -2.55. The van der Waals surface area contributed by atoms with Crippen LogP contribution in [0.5, 0.6) is 0 Å². The first-order valence-electron chi connectivity index (χ1n) is 9.74. The molecule has 5 atom stereocenters. The van der Waals surface area contributed by atoms with Gasteiger partial charge in [0.05, 0.1) is 12.7 Å². The predicted octanol–water partition coefficient (Wildman–Crippen LogP) is 1.34. The molecule has 1 aromatic rings. The maximum Gasteiger partial charge on any atom is 0.111 e. The summed E-state index contributed by atoms with van der Waals surface area (Å²) in [5, 5.41) is 49.2. The summed E-state index contributed by atoms with van der Waals surface area (Å²) < 4.78 is 0. The third-order valence-electron chi connectivity index (χ3n) is 5.77. The van der Waals surface area contributed by atoms with E-state index < -0.39 is 31.0 Å². The summed E-state index contributed by atoms with van der Waals surface area (Å²) in [5.74, 6) is 0.742. The number of β-amino-alcohol motifs (C(OH)–C–C–N with tert-alkyl or cyclic N) is 1. The normalized spacial score (nSPS) is 23.7. The molecular weight excluding hydrogens is 346 g/mol. The van der Waals surface area contributed by atoms with E-state index in [-0.39, 0.29) is 12.1 Å². The summed E-state index contributed by atoms with van der Waals surface area (Å²) in [5.41, 5.74) is 3.20. The Morgan fingerprint density at radius 1 is 1.07 bits per heavy atom. The molecule has 0 radical (unpaired) electrons. The minimum atomic E-state index is -1.61. The third kappa shape index (κ3) is 4.63. The number of nitrogens with zero attached hydrogens (tertiary/aromatic N) is 1. The number of rotatable bonds is 7. The van der Waals surface area contributed by atoms with Crippen molar-refractivity contribution >= 4 is 5.69 Å². The monoisotopic (exact) mass is 381 g/mol. The topological polar surface area (TPSA) is 104 Å². The molecule has 154 valence electrons. The third-order valence-corrected chi connectivity index (χ3v) is 5.77. The van der Waals surface area contributed by atoms with E-state index in [9.17, 15) is 20.4 Å². The van der Waals surface area contributed by atoms with Gasteiger partial charge in [-0.1, -0.05) is 32.9 Å². The largest absolute Gasteiger partial charge is 0.394 e. The van der Waals surface area contributed by atoms with Crippen LogP contribution in [0.4, 0.5) is 5.69 Å². The van der Waals surface area contributed by atoms with E-state index in [0.29, 0.717) is 11.8 Å². The lowest BCUT2D eigenvalue weighted by molar-refractivity contribution is -0.113. The van der Waals surface area contributed by atoms with Crippen molar-refractivity contribution in [3.8, 4) is 0 Å². The van der Waals surface area contributed by atoms with Crippen LogP contribution in [-0.4, -0.2) is 68.6 Å². The number of anilines is 1. The van der Waals surface area contributed by atoms with Gasteiger partial charge in [-0.3, -0.25) is 0 Å². The second-order valence-electron chi connectivity index (χ2n) is 8.80. The summed E-state index contributed by atoms with van der Waals surface area (Å²) in [4.78, 5) is 2.08. The van der Waals surface area contributed by atoms with E-state index in [1.807, 2.05) is 0 Å². The Morgan fingerprint density at radius 3 is 2.22 bits per heavy atom. The smallest absolute Gasteiger partial charge is 0.111 e. The summed E-state index contributed by atoms with van der Waals surface area (Å²) in [6, 6.07) is 6.43. The van der Waals surface area contributed by atoms with Crippen LogP contribution in [0.2, 0.25) is 0 Å². The SMILES string of the molecule is CC(C)c1ccc2c(c1)N(CC(O)C(O)C(O)C(O)CO)C(C)(C)CC2C. The van der Waals surface area contributed by atoms with E-state index in [1.165, 1.54) is 11.1 Å². The number of fused-ring (bicyclic) bond motifs is 1. The van der Waals surface area contributed by atoms with Gasteiger partial charge in [0.1, 0.15) is 18.3 Å². The van der Waals surface area contributed by atoms with E-state index in [0.717, 1.165) is 12.1 Å². The van der Waals surface area contributed by atoms with Gasteiger partial charge in [-0.05, 0) is 49.3 Å². The molecule has 0 aliphatic carbocycles. The molecule has 1 aliphatic rings. The van der Waals surface area contributed by atoms with Crippen molar-refractivity contribution in [3.63, 3.8) is 0 Å². The highest BCUT2D eigenvalue weighted by atomic mass is 16.4. The Hall–Kier alpha value is -1.18. The molecule has 0 bridgehead atoms. The fourth-order valence-electron chi connectivity index (χ4n) is 4.07. The second kappa shape index (κ2) is 8.45. The molecule has 0 spiro atoms. The number of hydrogen-bond acceptors (Lipinski definition) is 6. The summed E-state index contributed by atoms with van der Waals surface area (Å²) in [6.07, 6.45) is -5.04. The number of aliphatic hydroxyl groups is 5. The molecule has 0 amide bonds. The van der Waals surface area contributed by atoms with Gasteiger partial charge in [0.15, 0.2) is 0 Å². The van der Waals surface area contributed by atoms with E-state index >= 15 is 0 Å². The molecule has 1 aromatic carbocycles. The van der Waals surface area contributed by atoms with Crippen molar-refractivity contribution in [3.05, 3.63) is 29.3 Å². The lowest BCUT2D eigenvalue weighted by atomic mass is 9.79. The highest BCUT2D eigenvalue weighted by Gasteiger charge is 2.39. The van der Waals surface area contributed by atoms with Gasteiger partial charge in [-0.25, -0.2) is 0 Å². The van der Waals surface area contributed by atoms with Crippen LogP contribution in [0, 0.1) is 0 Å². The van der Waals surface area contributed by atoms with Gasteiger partial charge < -0.3 is 30.4 Å². The molecule has 0 saturated heterocycles. The maximum atomic E-state index is 10.5. The van der Waals surface area contributed by atoms with Crippen LogP contribution in [0.15, 0.2) is 18.2 Å². The van der Waals surface area contributed by atoms with Gasteiger partial charge in [-0.15, -0.1) is 0 Å². The lowest BCUT2D eigenvalue weighted by Gasteiger charge is -2.49. The quantitative estimate of drug-likeness (QED) is 0.488. The zero-order valence-corrected chi connectivity index (χ0v) is 17.0. The van der Waals surface area contributed by atoms with Crippen molar-refractivity contribution in [1.82, 2.24) is 0 Å². The molecule has 2 rings (SSSR count). The second-order valence-corrected chi connectivity index (χ2v) is 8.80. The van der Waals surface area contributed by atoms with Crippen LogP contribution in [0.3, 0.4) is 0 Å². The van der Waals surface area contributed by atoms with E-state index in [1.54, 1.807) is 0 Å². The van der Waals surface area contributed by atoms with Crippen molar-refractivity contribution in [2.75, 3.05) is 18.1 Å². The fourth-order valence-corrected chi connectivity index (χ4v) is 4.07. The Balaban J connectivity index is 2.34. The van der Waals surface area contributed by atoms with Gasteiger partial charge in [-0.2, -0.15) is 0 Å². The summed E-state index contributed by atoms with van der Waals surface area (Å²) in [7, 11) is 0. The molecule has 0 aromatic heterocycles. The molecule has 0 saturated carbocycles. The van der Waals surface area contributed by atoms with Gasteiger partial charge in [0, 0.05) is 17.8 Å². The number of benzene rings is 1. The fraction of sp³-hybridized carbons (Fsp3) is 0.714. The Morgan fingerprint density at radius 2 is 1.67 bits per heavy atom. The van der Waals surface area contributed by atoms with E-state index in [2.05, 4.69) is 57.7 Å². The molecule has 0 fully saturated rings. The highest BCUT2D eigenvalue weighted by Crippen LogP contribution is 2.44. The zero-order chi connectivity index (χ0) is 20.5.